The molecule has 2 N–H and O–H groups in total. The highest BCUT2D eigenvalue weighted by Crippen LogP contribution is 2.23. The predicted octanol–water partition coefficient (Wildman–Crippen LogP) is 3.08. The Labute approximate surface area is 126 Å². The maximum atomic E-state index is 11.0. The second-order valence-corrected chi connectivity index (χ2v) is 4.57. The molecule has 0 unspecified atom stereocenters. The highest BCUT2D eigenvalue weighted by Gasteiger charge is 2.17. The maximum Gasteiger partial charge on any atom is 0.329 e. The fraction of sp³-hybridized carbons (Fsp3) is 0.231. The molecule has 0 aliphatic heterocycles. The van der Waals surface area contributed by atoms with Crippen molar-refractivity contribution in [1.29, 1.82) is 0 Å². The quantitative estimate of drug-likeness (QED) is 0.629. The second-order valence-electron chi connectivity index (χ2n) is 4.16. The monoisotopic (exact) mass is 307 g/mol. The third-order valence-corrected chi connectivity index (χ3v) is 3.07. The smallest absolute Gasteiger partial charge is 0.329 e. The molecule has 0 radical (unpaired) electrons. The first-order valence-electron chi connectivity index (χ1n) is 6.34. The molecule has 0 amide bonds. The molecule has 21 heavy (non-hydrogen) atoms. The van der Waals surface area contributed by atoms with Crippen LogP contribution in [0.1, 0.15) is 12.5 Å². The van der Waals surface area contributed by atoms with Gasteiger partial charge in [-0.15, -0.1) is 0 Å². The molecule has 0 aliphatic carbocycles. The van der Waals surface area contributed by atoms with E-state index < -0.39 is 4.92 Å². The van der Waals surface area contributed by atoms with E-state index in [1.54, 1.807) is 6.07 Å². The zero-order valence-corrected chi connectivity index (χ0v) is 12.1. The summed E-state index contributed by atoms with van der Waals surface area (Å²) < 4.78 is 0. The van der Waals surface area contributed by atoms with Crippen molar-refractivity contribution in [2.75, 3.05) is 17.2 Å². The molecule has 0 bridgehead atoms. The summed E-state index contributed by atoms with van der Waals surface area (Å²) in [5.74, 6) is 0.496. The topological polar surface area (TPSA) is 93.0 Å². The third-order valence-electron chi connectivity index (χ3n) is 2.71. The molecule has 0 atom stereocenters. The van der Waals surface area contributed by atoms with Crippen LogP contribution in [0.3, 0.4) is 0 Å². The Bertz CT molecular complexity index is 650. The normalized spacial score (nSPS) is 10.2. The Kier molecular flexibility index (Phi) is 4.89. The highest BCUT2D eigenvalue weighted by atomic mass is 35.5. The van der Waals surface area contributed by atoms with Crippen LogP contribution >= 0.6 is 11.6 Å². The number of rotatable bonds is 6. The number of anilines is 2. The van der Waals surface area contributed by atoms with Crippen LogP contribution in [0.4, 0.5) is 17.5 Å². The highest BCUT2D eigenvalue weighted by molar-refractivity contribution is 6.31. The largest absolute Gasteiger partial charge is 0.360 e. The first-order valence-corrected chi connectivity index (χ1v) is 6.72. The van der Waals surface area contributed by atoms with Crippen molar-refractivity contribution in [2.45, 2.75) is 13.5 Å². The summed E-state index contributed by atoms with van der Waals surface area (Å²) in [6.07, 6.45) is 1.18. The van der Waals surface area contributed by atoms with Crippen molar-refractivity contribution in [2.24, 2.45) is 0 Å². The molecule has 0 saturated carbocycles. The molecule has 1 aromatic carbocycles. The molecule has 2 aromatic rings. The van der Waals surface area contributed by atoms with Gasteiger partial charge in [-0.2, -0.15) is 4.98 Å². The van der Waals surface area contributed by atoms with Gasteiger partial charge in [0.15, 0.2) is 0 Å². The van der Waals surface area contributed by atoms with Crippen LogP contribution in [0.2, 0.25) is 5.02 Å². The van der Waals surface area contributed by atoms with Gasteiger partial charge >= 0.3 is 5.69 Å². The summed E-state index contributed by atoms with van der Waals surface area (Å²) in [5.41, 5.74) is 0.654. The number of hydrogen-bond acceptors (Lipinski definition) is 6. The minimum atomic E-state index is -0.523. The first-order chi connectivity index (χ1) is 10.1. The van der Waals surface area contributed by atoms with Crippen molar-refractivity contribution in [3.8, 4) is 0 Å². The molecular weight excluding hydrogens is 294 g/mol. The van der Waals surface area contributed by atoms with Crippen LogP contribution in [0.25, 0.3) is 0 Å². The number of nitro groups is 1. The van der Waals surface area contributed by atoms with E-state index >= 15 is 0 Å². The van der Waals surface area contributed by atoms with Crippen molar-refractivity contribution < 1.29 is 4.92 Å². The molecule has 8 heteroatoms. The van der Waals surface area contributed by atoms with E-state index in [1.165, 1.54) is 6.20 Å². The molecule has 0 spiro atoms. The second kappa shape index (κ2) is 6.85. The van der Waals surface area contributed by atoms with Crippen molar-refractivity contribution in [1.82, 2.24) is 9.97 Å². The van der Waals surface area contributed by atoms with E-state index in [0.29, 0.717) is 24.1 Å². The zero-order valence-electron chi connectivity index (χ0n) is 11.3. The lowest BCUT2D eigenvalue weighted by Crippen LogP contribution is -2.09. The summed E-state index contributed by atoms with van der Waals surface area (Å²) in [7, 11) is 0. The van der Waals surface area contributed by atoms with E-state index in [0.717, 1.165) is 5.56 Å². The van der Waals surface area contributed by atoms with Crippen molar-refractivity contribution >= 4 is 29.1 Å². The Morgan fingerprint density at radius 2 is 2.10 bits per heavy atom. The van der Waals surface area contributed by atoms with E-state index in [4.69, 9.17) is 11.6 Å². The van der Waals surface area contributed by atoms with Gasteiger partial charge in [0, 0.05) is 18.1 Å². The van der Waals surface area contributed by atoms with Gasteiger partial charge in [0.1, 0.15) is 6.20 Å². The van der Waals surface area contributed by atoms with Gasteiger partial charge in [0.25, 0.3) is 0 Å². The summed E-state index contributed by atoms with van der Waals surface area (Å²) in [6, 6.07) is 7.27. The molecule has 2 rings (SSSR count). The van der Waals surface area contributed by atoms with Gasteiger partial charge in [0.2, 0.25) is 11.8 Å². The van der Waals surface area contributed by atoms with Gasteiger partial charge in [0.05, 0.1) is 4.92 Å². The number of halogens is 1. The van der Waals surface area contributed by atoms with E-state index in [1.807, 2.05) is 25.1 Å². The SMILES string of the molecule is CCNc1ncc([N+](=O)[O-])c(NCc2ccccc2Cl)n1. The molecular formula is C13H14ClN5O2. The number of aromatic nitrogens is 2. The first kappa shape index (κ1) is 15.0. The van der Waals surface area contributed by atoms with Gasteiger partial charge in [-0.25, -0.2) is 4.98 Å². The minimum absolute atomic E-state index is 0.158. The Hall–Kier alpha value is -2.41. The molecule has 1 heterocycles. The van der Waals surface area contributed by atoms with E-state index in [-0.39, 0.29) is 11.5 Å². The van der Waals surface area contributed by atoms with Gasteiger partial charge in [-0.05, 0) is 18.6 Å². The Morgan fingerprint density at radius 3 is 2.76 bits per heavy atom. The fourth-order valence-electron chi connectivity index (χ4n) is 1.70. The average Bonchev–Trinajstić information content (AvgIpc) is 2.46. The lowest BCUT2D eigenvalue weighted by molar-refractivity contribution is -0.384. The summed E-state index contributed by atoms with van der Waals surface area (Å²) >= 11 is 6.05. The average molecular weight is 308 g/mol. The fourth-order valence-corrected chi connectivity index (χ4v) is 1.91. The molecule has 1 aromatic heterocycles. The number of nitrogens with one attached hydrogen (secondary N) is 2. The Morgan fingerprint density at radius 1 is 1.33 bits per heavy atom. The van der Waals surface area contributed by atoms with Crippen LogP contribution in [0, 0.1) is 10.1 Å². The summed E-state index contributed by atoms with van der Waals surface area (Å²) in [5, 5.41) is 17.4. The Balaban J connectivity index is 2.22. The summed E-state index contributed by atoms with van der Waals surface area (Å²) in [4.78, 5) is 18.5. The van der Waals surface area contributed by atoms with Crippen LogP contribution in [-0.2, 0) is 6.54 Å². The summed E-state index contributed by atoms with van der Waals surface area (Å²) in [6.45, 7) is 2.85. The number of nitrogens with zero attached hydrogens (tertiary/aromatic N) is 3. The van der Waals surface area contributed by atoms with E-state index in [2.05, 4.69) is 20.6 Å². The molecule has 0 saturated heterocycles. The van der Waals surface area contributed by atoms with Crippen LogP contribution in [0.15, 0.2) is 30.5 Å². The van der Waals surface area contributed by atoms with Crippen molar-refractivity contribution in [3.05, 3.63) is 51.2 Å². The maximum absolute atomic E-state index is 11.0. The molecule has 0 fully saturated rings. The molecule has 110 valence electrons. The van der Waals surface area contributed by atoms with Crippen LogP contribution < -0.4 is 10.6 Å². The lowest BCUT2D eigenvalue weighted by atomic mass is 10.2. The predicted molar refractivity (Wildman–Crippen MR) is 81.6 cm³/mol. The third kappa shape index (κ3) is 3.79. The van der Waals surface area contributed by atoms with Gasteiger partial charge in [-0.3, -0.25) is 10.1 Å². The lowest BCUT2D eigenvalue weighted by Gasteiger charge is -2.09. The molecule has 0 aliphatic rings. The van der Waals surface area contributed by atoms with Crippen molar-refractivity contribution in [3.63, 3.8) is 0 Å². The zero-order chi connectivity index (χ0) is 15.2. The van der Waals surface area contributed by atoms with E-state index in [9.17, 15) is 10.1 Å². The van der Waals surface area contributed by atoms with Gasteiger partial charge in [-0.1, -0.05) is 29.8 Å². The van der Waals surface area contributed by atoms with Gasteiger partial charge < -0.3 is 10.6 Å². The minimum Gasteiger partial charge on any atom is -0.360 e. The number of hydrogen-bond donors (Lipinski definition) is 2. The molecule has 7 nitrogen and oxygen atoms in total. The van der Waals surface area contributed by atoms with Crippen LogP contribution in [-0.4, -0.2) is 21.4 Å². The number of benzene rings is 1. The standard InChI is InChI=1S/C13H14ClN5O2/c1-2-15-13-17-8-11(19(20)21)12(18-13)16-7-9-5-3-4-6-10(9)14/h3-6,8H,2,7H2,1H3,(H2,15,16,17,18). The van der Waals surface area contributed by atoms with Crippen LogP contribution in [0.5, 0.6) is 0 Å².